The Balaban J connectivity index is 1.75. The number of carbonyl (C=O) groups is 1. The van der Waals surface area contributed by atoms with E-state index in [1.165, 1.54) is 0 Å². The van der Waals surface area contributed by atoms with Crippen LogP contribution in [0.15, 0.2) is 18.2 Å². The lowest BCUT2D eigenvalue weighted by Crippen LogP contribution is -2.39. The molecule has 2 heterocycles. The number of sulfone groups is 1. The molecule has 0 radical (unpaired) electrons. The van der Waals surface area contributed by atoms with Gasteiger partial charge in [-0.05, 0) is 20.2 Å². The quantitative estimate of drug-likeness (QED) is 0.735. The normalized spacial score (nSPS) is 26.8. The molecule has 1 aromatic rings. The lowest BCUT2D eigenvalue weighted by Gasteiger charge is -2.25. The standard InChI is InChI=1S/C18H26N2O5S/c1-19(2)15-11-26(22,23)17-10-20(9-14(15)17)18(21)7-12-5-6-13(24-3)8-16(12)25-4/h5-6,8,14-15,17H,7,9-11H2,1-4H3/t14-,15-,17-/m0/s1. The third kappa shape index (κ3) is 3.40. The lowest BCUT2D eigenvalue weighted by atomic mass is 10.00. The molecule has 3 rings (SSSR count). The van der Waals surface area contributed by atoms with Crippen LogP contribution in [0.3, 0.4) is 0 Å². The van der Waals surface area contributed by atoms with Gasteiger partial charge in [0, 0.05) is 36.7 Å². The van der Waals surface area contributed by atoms with Crippen molar-refractivity contribution < 1.29 is 22.7 Å². The summed E-state index contributed by atoms with van der Waals surface area (Å²) in [4.78, 5) is 16.4. The van der Waals surface area contributed by atoms with Crippen molar-refractivity contribution in [1.82, 2.24) is 9.80 Å². The number of benzene rings is 1. The van der Waals surface area contributed by atoms with Crippen molar-refractivity contribution in [2.75, 3.05) is 47.2 Å². The average Bonchev–Trinajstić information content (AvgIpc) is 3.14. The summed E-state index contributed by atoms with van der Waals surface area (Å²) in [7, 11) is 3.77. The Kier molecular flexibility index (Phi) is 5.16. The van der Waals surface area contributed by atoms with Crippen LogP contribution < -0.4 is 9.47 Å². The van der Waals surface area contributed by atoms with Crippen LogP contribution >= 0.6 is 0 Å². The number of hydrogen-bond acceptors (Lipinski definition) is 6. The number of ether oxygens (including phenoxy) is 2. The van der Waals surface area contributed by atoms with Crippen LogP contribution in [0.4, 0.5) is 0 Å². The van der Waals surface area contributed by atoms with E-state index in [0.29, 0.717) is 18.0 Å². The second kappa shape index (κ2) is 7.08. The number of nitrogens with zero attached hydrogens (tertiary/aromatic N) is 2. The highest BCUT2D eigenvalue weighted by molar-refractivity contribution is 7.92. The first-order valence-corrected chi connectivity index (χ1v) is 10.3. The van der Waals surface area contributed by atoms with Gasteiger partial charge in [-0.25, -0.2) is 8.42 Å². The van der Waals surface area contributed by atoms with E-state index in [-0.39, 0.29) is 36.6 Å². The zero-order valence-electron chi connectivity index (χ0n) is 15.6. The summed E-state index contributed by atoms with van der Waals surface area (Å²) < 4.78 is 35.4. The molecule has 0 N–H and O–H groups in total. The topological polar surface area (TPSA) is 76.2 Å². The van der Waals surface area contributed by atoms with E-state index in [0.717, 1.165) is 5.56 Å². The first kappa shape index (κ1) is 19.0. The van der Waals surface area contributed by atoms with Crippen molar-refractivity contribution in [3.8, 4) is 11.5 Å². The molecule has 26 heavy (non-hydrogen) atoms. The fourth-order valence-electron chi connectivity index (χ4n) is 4.04. The summed E-state index contributed by atoms with van der Waals surface area (Å²) in [5.74, 6) is 1.35. The largest absolute Gasteiger partial charge is 0.497 e. The van der Waals surface area contributed by atoms with E-state index >= 15 is 0 Å². The maximum absolute atomic E-state index is 12.8. The van der Waals surface area contributed by atoms with Crippen LogP contribution in [0, 0.1) is 5.92 Å². The zero-order chi connectivity index (χ0) is 19.1. The highest BCUT2D eigenvalue weighted by atomic mass is 32.2. The van der Waals surface area contributed by atoms with E-state index in [1.54, 1.807) is 31.3 Å². The smallest absolute Gasteiger partial charge is 0.227 e. The number of amides is 1. The number of methoxy groups -OCH3 is 2. The maximum Gasteiger partial charge on any atom is 0.227 e. The Morgan fingerprint density at radius 1 is 1.23 bits per heavy atom. The fourth-order valence-corrected chi connectivity index (χ4v) is 6.52. The minimum Gasteiger partial charge on any atom is -0.497 e. The van der Waals surface area contributed by atoms with Crippen LogP contribution in [-0.4, -0.2) is 82.6 Å². The highest BCUT2D eigenvalue weighted by Crippen LogP contribution is 2.36. The molecular weight excluding hydrogens is 356 g/mol. The third-order valence-electron chi connectivity index (χ3n) is 5.52. The highest BCUT2D eigenvalue weighted by Gasteiger charge is 2.53. The summed E-state index contributed by atoms with van der Waals surface area (Å²) in [6.45, 7) is 0.776. The second-order valence-corrected chi connectivity index (χ2v) is 9.48. The molecule has 0 bridgehead atoms. The molecule has 7 nitrogen and oxygen atoms in total. The van der Waals surface area contributed by atoms with Gasteiger partial charge in [0.1, 0.15) is 11.5 Å². The molecule has 0 spiro atoms. The van der Waals surface area contributed by atoms with Crippen LogP contribution in [-0.2, 0) is 21.1 Å². The minimum atomic E-state index is -3.16. The number of hydrogen-bond donors (Lipinski definition) is 0. The van der Waals surface area contributed by atoms with Gasteiger partial charge in [-0.2, -0.15) is 0 Å². The summed E-state index contributed by atoms with van der Waals surface area (Å²) in [5.41, 5.74) is 0.766. The molecule has 2 saturated heterocycles. The Morgan fingerprint density at radius 2 is 1.96 bits per heavy atom. The number of likely N-dealkylation sites (tertiary alicyclic amines) is 1. The number of fused-ring (bicyclic) bond motifs is 1. The Hall–Kier alpha value is -1.80. The first-order valence-electron chi connectivity index (χ1n) is 8.63. The van der Waals surface area contributed by atoms with Gasteiger partial charge in [-0.3, -0.25) is 4.79 Å². The molecule has 2 fully saturated rings. The van der Waals surface area contributed by atoms with Gasteiger partial charge in [-0.15, -0.1) is 0 Å². The molecule has 1 amide bonds. The van der Waals surface area contributed by atoms with Crippen LogP contribution in [0.1, 0.15) is 5.56 Å². The molecule has 0 aliphatic carbocycles. The molecule has 3 atom stereocenters. The van der Waals surface area contributed by atoms with Crippen molar-refractivity contribution in [3.05, 3.63) is 23.8 Å². The number of rotatable bonds is 5. The molecule has 1 aromatic carbocycles. The third-order valence-corrected chi connectivity index (χ3v) is 7.75. The molecule has 0 aromatic heterocycles. The summed E-state index contributed by atoms with van der Waals surface area (Å²) in [5, 5.41) is -0.448. The molecule has 0 saturated carbocycles. The van der Waals surface area contributed by atoms with Crippen molar-refractivity contribution in [1.29, 1.82) is 0 Å². The van der Waals surface area contributed by atoms with E-state index < -0.39 is 15.1 Å². The molecule has 8 heteroatoms. The summed E-state index contributed by atoms with van der Waals surface area (Å²) in [6, 6.07) is 5.31. The van der Waals surface area contributed by atoms with E-state index in [4.69, 9.17) is 9.47 Å². The van der Waals surface area contributed by atoms with Crippen LogP contribution in [0.5, 0.6) is 11.5 Å². The average molecular weight is 382 g/mol. The van der Waals surface area contributed by atoms with Gasteiger partial charge in [0.05, 0.1) is 31.6 Å². The van der Waals surface area contributed by atoms with Crippen molar-refractivity contribution in [3.63, 3.8) is 0 Å². The van der Waals surface area contributed by atoms with E-state index in [2.05, 4.69) is 0 Å². The van der Waals surface area contributed by atoms with Gasteiger partial charge < -0.3 is 19.3 Å². The first-order chi connectivity index (χ1) is 12.3. The second-order valence-electron chi connectivity index (χ2n) is 7.22. The molecule has 2 aliphatic heterocycles. The zero-order valence-corrected chi connectivity index (χ0v) is 16.5. The molecular formula is C18H26N2O5S. The van der Waals surface area contributed by atoms with Gasteiger partial charge in [0.25, 0.3) is 0 Å². The monoisotopic (exact) mass is 382 g/mol. The van der Waals surface area contributed by atoms with Crippen molar-refractivity contribution in [2.24, 2.45) is 5.92 Å². The van der Waals surface area contributed by atoms with Gasteiger partial charge >= 0.3 is 0 Å². The van der Waals surface area contributed by atoms with Gasteiger partial charge in [-0.1, -0.05) is 6.07 Å². The Bertz CT molecular complexity index is 793. The Labute approximate surface area is 154 Å². The molecule has 0 unspecified atom stereocenters. The van der Waals surface area contributed by atoms with Gasteiger partial charge in [0.15, 0.2) is 9.84 Å². The van der Waals surface area contributed by atoms with E-state index in [9.17, 15) is 13.2 Å². The van der Waals surface area contributed by atoms with Crippen LogP contribution in [0.25, 0.3) is 0 Å². The lowest BCUT2D eigenvalue weighted by molar-refractivity contribution is -0.129. The molecule has 2 aliphatic rings. The fraction of sp³-hybridized carbons (Fsp3) is 0.611. The van der Waals surface area contributed by atoms with Crippen molar-refractivity contribution >= 4 is 15.7 Å². The predicted octanol–water partition coefficient (Wildman–Crippen LogP) is 0.432. The minimum absolute atomic E-state index is 0.0169. The van der Waals surface area contributed by atoms with E-state index in [1.807, 2.05) is 25.1 Å². The summed E-state index contributed by atoms with van der Waals surface area (Å²) >= 11 is 0. The maximum atomic E-state index is 12.8. The molecule has 144 valence electrons. The summed E-state index contributed by atoms with van der Waals surface area (Å²) in [6.07, 6.45) is 0.180. The SMILES string of the molecule is COc1ccc(CC(=O)N2C[C@H]3[C@@H](N(C)C)CS(=O)(=O)[C@H]3C2)c(OC)c1. The van der Waals surface area contributed by atoms with Gasteiger partial charge in [0.2, 0.25) is 5.91 Å². The predicted molar refractivity (Wildman–Crippen MR) is 98.4 cm³/mol. The Morgan fingerprint density at radius 3 is 2.58 bits per heavy atom. The van der Waals surface area contributed by atoms with Crippen molar-refractivity contribution in [2.45, 2.75) is 17.7 Å². The van der Waals surface area contributed by atoms with Crippen LogP contribution in [0.2, 0.25) is 0 Å². The number of carbonyl (C=O) groups excluding carboxylic acids is 1.